The number of aromatic nitrogens is 2. The normalized spacial score (nSPS) is 13.2. The van der Waals surface area contributed by atoms with Crippen molar-refractivity contribution < 1.29 is 24.5 Å². The molecule has 50 heavy (non-hydrogen) atoms. The zero-order valence-corrected chi connectivity index (χ0v) is 32.8. The van der Waals surface area contributed by atoms with Gasteiger partial charge in [-0.1, -0.05) is 116 Å². The fourth-order valence-electron chi connectivity index (χ4n) is 7.11. The number of aryl methyl sites for hydroxylation is 1. The second-order valence-corrected chi connectivity index (χ2v) is 19.6. The van der Waals surface area contributed by atoms with E-state index < -0.39 is 8.07 Å². The maximum atomic E-state index is 5.96. The minimum absolute atomic E-state index is 0. The standard InChI is InChI=1S/C24H22NO.C21H22NSi.Ir/c1-16-6-8-23-20(12-16)21-15-19(7-9-24(21)26-23)22-14-18(10-11-25-22)13-17-4-2-3-5-17;1-23(2,3)21-16-22-20(18-12-8-5-9-13-18)15-19(21)14-17-10-6-4-7-11-17;/h6,8-12,14-15,17H,2-5,13H2,1H3;4-12,15-16H,14H2,1-3H3;/q2*-1;. The van der Waals surface area contributed by atoms with E-state index >= 15 is 0 Å². The van der Waals surface area contributed by atoms with Crippen LogP contribution in [0.4, 0.5) is 0 Å². The molecule has 0 saturated heterocycles. The summed E-state index contributed by atoms with van der Waals surface area (Å²) in [6.07, 6.45) is 11.7. The van der Waals surface area contributed by atoms with Crippen molar-refractivity contribution in [1.29, 1.82) is 0 Å². The van der Waals surface area contributed by atoms with E-state index in [0.717, 1.165) is 56.8 Å². The molecular formula is C45H44IrN2OSi-2. The zero-order chi connectivity index (χ0) is 33.8. The van der Waals surface area contributed by atoms with E-state index in [1.807, 2.05) is 36.5 Å². The molecule has 1 aliphatic rings. The van der Waals surface area contributed by atoms with Crippen molar-refractivity contribution >= 4 is 35.2 Å². The smallest absolute Gasteiger partial charge is 0.120 e. The summed E-state index contributed by atoms with van der Waals surface area (Å²) in [6, 6.07) is 42.5. The largest absolute Gasteiger partial charge is 0.500 e. The van der Waals surface area contributed by atoms with Gasteiger partial charge in [-0.15, -0.1) is 59.7 Å². The van der Waals surface area contributed by atoms with Gasteiger partial charge in [0.1, 0.15) is 5.58 Å². The van der Waals surface area contributed by atoms with Gasteiger partial charge < -0.3 is 14.4 Å². The van der Waals surface area contributed by atoms with Crippen molar-refractivity contribution in [1.82, 2.24) is 9.97 Å². The molecular weight excluding hydrogens is 805 g/mol. The van der Waals surface area contributed by atoms with Crippen LogP contribution in [0.15, 0.2) is 120 Å². The van der Waals surface area contributed by atoms with E-state index in [1.165, 1.54) is 59.5 Å². The molecule has 1 radical (unpaired) electrons. The third-order valence-corrected chi connectivity index (χ3v) is 11.7. The van der Waals surface area contributed by atoms with Gasteiger partial charge in [0.25, 0.3) is 0 Å². The van der Waals surface area contributed by atoms with E-state index in [0.29, 0.717) is 0 Å². The van der Waals surface area contributed by atoms with Crippen LogP contribution in [0, 0.1) is 25.0 Å². The molecule has 0 atom stereocenters. The minimum atomic E-state index is -1.43. The Morgan fingerprint density at radius 3 is 2.26 bits per heavy atom. The summed E-state index contributed by atoms with van der Waals surface area (Å²) in [5, 5.41) is 3.75. The number of benzene rings is 4. The first kappa shape index (κ1) is 35.7. The Morgan fingerprint density at radius 2 is 1.50 bits per heavy atom. The third-order valence-electron chi connectivity index (χ3n) is 9.68. The molecule has 5 heteroatoms. The van der Waals surface area contributed by atoms with E-state index in [-0.39, 0.29) is 20.1 Å². The molecule has 1 saturated carbocycles. The Kier molecular flexibility index (Phi) is 11.3. The molecule has 0 unspecified atom stereocenters. The van der Waals surface area contributed by atoms with Crippen LogP contribution in [0.2, 0.25) is 19.6 Å². The first-order chi connectivity index (χ1) is 23.8. The van der Waals surface area contributed by atoms with Crippen LogP contribution in [0.3, 0.4) is 0 Å². The average molecular weight is 849 g/mol. The molecule has 3 heterocycles. The molecule has 3 nitrogen and oxygen atoms in total. The monoisotopic (exact) mass is 849 g/mol. The Balaban J connectivity index is 0.000000171. The first-order valence-corrected chi connectivity index (χ1v) is 21.1. The maximum Gasteiger partial charge on any atom is 0.120 e. The third kappa shape index (κ3) is 8.41. The van der Waals surface area contributed by atoms with E-state index in [4.69, 9.17) is 9.40 Å². The molecule has 0 aliphatic heterocycles. The van der Waals surface area contributed by atoms with Crippen LogP contribution in [-0.4, -0.2) is 18.0 Å². The summed E-state index contributed by atoms with van der Waals surface area (Å²) in [6.45, 7) is 9.26. The van der Waals surface area contributed by atoms with Gasteiger partial charge in [-0.2, -0.15) is 0 Å². The van der Waals surface area contributed by atoms with Gasteiger partial charge in [0.15, 0.2) is 0 Å². The fraction of sp³-hybridized carbons (Fsp3) is 0.244. The van der Waals surface area contributed by atoms with Gasteiger partial charge in [0.05, 0.1) is 13.7 Å². The molecule has 0 spiro atoms. The van der Waals surface area contributed by atoms with Crippen molar-refractivity contribution in [3.63, 3.8) is 0 Å². The van der Waals surface area contributed by atoms with Gasteiger partial charge in [-0.25, -0.2) is 0 Å². The summed E-state index contributed by atoms with van der Waals surface area (Å²) in [4.78, 5) is 9.33. The predicted molar refractivity (Wildman–Crippen MR) is 207 cm³/mol. The molecule has 1 aliphatic carbocycles. The van der Waals surface area contributed by atoms with Gasteiger partial charge in [0.2, 0.25) is 0 Å². The quantitative estimate of drug-likeness (QED) is 0.118. The summed E-state index contributed by atoms with van der Waals surface area (Å²) >= 11 is 0. The van der Waals surface area contributed by atoms with Crippen molar-refractivity contribution in [3.8, 4) is 22.5 Å². The van der Waals surface area contributed by atoms with E-state index in [2.05, 4.69) is 123 Å². The van der Waals surface area contributed by atoms with Crippen LogP contribution in [0.5, 0.6) is 0 Å². The Labute approximate surface area is 311 Å². The van der Waals surface area contributed by atoms with E-state index in [9.17, 15) is 0 Å². The topological polar surface area (TPSA) is 38.9 Å². The van der Waals surface area contributed by atoms with Crippen molar-refractivity contribution in [2.24, 2.45) is 5.92 Å². The number of hydrogen-bond donors (Lipinski definition) is 0. The number of fused-ring (bicyclic) bond motifs is 3. The molecule has 8 rings (SSSR count). The SMILES string of the molecule is C[Si](C)(C)c1cnc(-c2[c-]cccc2)cc1Cc1ccccc1.Cc1ccc2oc3c[c-]c(-c4cc(CC5CCCC5)ccn4)cc3c2c1.[Ir]. The molecule has 7 aromatic rings. The average Bonchev–Trinajstić information content (AvgIpc) is 3.76. The fourth-order valence-corrected chi connectivity index (χ4v) is 8.69. The summed E-state index contributed by atoms with van der Waals surface area (Å²) < 4.78 is 5.96. The maximum absolute atomic E-state index is 5.96. The zero-order valence-electron chi connectivity index (χ0n) is 29.4. The first-order valence-electron chi connectivity index (χ1n) is 17.6. The van der Waals surface area contributed by atoms with E-state index in [1.54, 1.807) is 0 Å². The molecule has 3 aromatic heterocycles. The summed E-state index contributed by atoms with van der Waals surface area (Å²) in [5.41, 5.74) is 11.3. The molecule has 0 bridgehead atoms. The van der Waals surface area contributed by atoms with Crippen molar-refractivity contribution in [2.75, 3.05) is 0 Å². The van der Waals surface area contributed by atoms with Gasteiger partial charge in [-0.05, 0) is 66.0 Å². The van der Waals surface area contributed by atoms with Crippen LogP contribution >= 0.6 is 0 Å². The Morgan fingerprint density at radius 1 is 0.740 bits per heavy atom. The minimum Gasteiger partial charge on any atom is -0.500 e. The number of furan rings is 1. The number of rotatable bonds is 7. The molecule has 0 N–H and O–H groups in total. The van der Waals surface area contributed by atoms with Gasteiger partial charge >= 0.3 is 0 Å². The van der Waals surface area contributed by atoms with Crippen LogP contribution in [0.1, 0.15) is 47.9 Å². The van der Waals surface area contributed by atoms with Crippen molar-refractivity contribution in [3.05, 3.63) is 150 Å². The van der Waals surface area contributed by atoms with Gasteiger partial charge in [-0.3, -0.25) is 0 Å². The molecule has 255 valence electrons. The van der Waals surface area contributed by atoms with Crippen molar-refractivity contribution in [2.45, 2.75) is 65.1 Å². The molecule has 4 aromatic carbocycles. The molecule has 1 fully saturated rings. The van der Waals surface area contributed by atoms with Crippen LogP contribution < -0.4 is 5.19 Å². The summed E-state index contributed by atoms with van der Waals surface area (Å²) in [5.74, 6) is 0.845. The number of pyridine rings is 2. The Bertz CT molecular complexity index is 2180. The second-order valence-electron chi connectivity index (χ2n) is 14.5. The number of hydrogen-bond acceptors (Lipinski definition) is 3. The Hall–Kier alpha value is -4.15. The number of nitrogens with zero attached hydrogens (tertiary/aromatic N) is 2. The molecule has 0 amide bonds. The second kappa shape index (κ2) is 15.8. The summed E-state index contributed by atoms with van der Waals surface area (Å²) in [7, 11) is -1.43. The van der Waals surface area contributed by atoms with Gasteiger partial charge in [0, 0.05) is 37.9 Å². The predicted octanol–water partition coefficient (Wildman–Crippen LogP) is 11.2. The van der Waals surface area contributed by atoms with Crippen LogP contribution in [0.25, 0.3) is 44.5 Å². The van der Waals surface area contributed by atoms with Crippen LogP contribution in [-0.2, 0) is 32.9 Å².